The number of carbonyl (C=O) groups excluding carboxylic acids is 1. The van der Waals surface area contributed by atoms with Gasteiger partial charge >= 0.3 is 0 Å². The predicted octanol–water partition coefficient (Wildman–Crippen LogP) is 3.13. The summed E-state index contributed by atoms with van der Waals surface area (Å²) in [5.74, 6) is -0.263. The summed E-state index contributed by atoms with van der Waals surface area (Å²) in [5.41, 5.74) is -0.742. The maximum atomic E-state index is 12.2. The summed E-state index contributed by atoms with van der Waals surface area (Å²) in [5, 5.41) is -0.379. The molecule has 2 rings (SSSR count). The molecule has 0 radical (unpaired) electrons. The summed E-state index contributed by atoms with van der Waals surface area (Å²) in [7, 11) is 0. The van der Waals surface area contributed by atoms with Crippen molar-refractivity contribution in [2.75, 3.05) is 6.54 Å². The number of allylic oxidation sites excluding steroid dienone is 3. The Morgan fingerprint density at radius 2 is 2.06 bits per heavy atom. The van der Waals surface area contributed by atoms with Crippen molar-refractivity contribution in [1.82, 2.24) is 4.90 Å². The van der Waals surface area contributed by atoms with Crippen LogP contribution in [0.1, 0.15) is 13.8 Å². The van der Waals surface area contributed by atoms with Crippen LogP contribution in [0.3, 0.4) is 0 Å². The van der Waals surface area contributed by atoms with E-state index in [9.17, 15) is 4.79 Å². The van der Waals surface area contributed by atoms with Crippen LogP contribution in [0.25, 0.3) is 0 Å². The molecule has 1 spiro atoms. The molecule has 1 heterocycles. The van der Waals surface area contributed by atoms with Gasteiger partial charge in [0, 0.05) is 12.6 Å². The number of halogens is 3. The van der Waals surface area contributed by atoms with Crippen LogP contribution in [0.4, 0.5) is 0 Å². The third-order valence-corrected chi connectivity index (χ3v) is 5.01. The van der Waals surface area contributed by atoms with Crippen molar-refractivity contribution in [1.29, 1.82) is 0 Å². The minimum absolute atomic E-state index is 0.0573. The first-order chi connectivity index (χ1) is 7.83. The normalized spacial score (nSPS) is 35.3. The van der Waals surface area contributed by atoms with Crippen LogP contribution in [0.5, 0.6) is 0 Å². The monoisotopic (exact) mass is 293 g/mol. The van der Waals surface area contributed by atoms with Gasteiger partial charge in [-0.3, -0.25) is 4.79 Å². The zero-order chi connectivity index (χ0) is 12.8. The second-order valence-electron chi connectivity index (χ2n) is 4.79. The lowest BCUT2D eigenvalue weighted by molar-refractivity contribution is -0.129. The largest absolute Gasteiger partial charge is 0.337 e. The van der Waals surface area contributed by atoms with E-state index in [1.807, 2.05) is 38.2 Å². The van der Waals surface area contributed by atoms with E-state index in [4.69, 9.17) is 34.8 Å². The third kappa shape index (κ3) is 1.73. The van der Waals surface area contributed by atoms with Crippen molar-refractivity contribution in [2.24, 2.45) is 5.41 Å². The van der Waals surface area contributed by atoms with E-state index in [1.165, 1.54) is 0 Å². The fraction of sp³-hybridized carbons (Fsp3) is 0.583. The van der Waals surface area contributed by atoms with Gasteiger partial charge in [0.15, 0.2) is 0 Å². The lowest BCUT2D eigenvalue weighted by Gasteiger charge is -2.36. The molecule has 94 valence electrons. The van der Waals surface area contributed by atoms with Crippen LogP contribution in [-0.4, -0.2) is 33.1 Å². The number of nitrogens with zero attached hydrogens (tertiary/aromatic N) is 1. The first-order valence-electron chi connectivity index (χ1n) is 5.52. The minimum Gasteiger partial charge on any atom is -0.337 e. The molecule has 17 heavy (non-hydrogen) atoms. The lowest BCUT2D eigenvalue weighted by atomic mass is 9.79. The zero-order valence-electron chi connectivity index (χ0n) is 9.66. The van der Waals surface area contributed by atoms with Gasteiger partial charge in [0.1, 0.15) is 0 Å². The SMILES string of the molecule is CC(C)N1CC2(C=CC=C[C@@H]2Cl)C(Cl)(Cl)C1=O. The van der Waals surface area contributed by atoms with Gasteiger partial charge in [-0.05, 0) is 13.8 Å². The molecular formula is C12H14Cl3NO. The fourth-order valence-electron chi connectivity index (χ4n) is 2.32. The van der Waals surface area contributed by atoms with Crippen molar-refractivity contribution < 1.29 is 4.79 Å². The summed E-state index contributed by atoms with van der Waals surface area (Å²) >= 11 is 18.9. The van der Waals surface area contributed by atoms with E-state index in [0.717, 1.165) is 0 Å². The molecule has 0 bridgehead atoms. The Labute approximate surface area is 116 Å². The molecule has 2 atom stereocenters. The second-order valence-corrected chi connectivity index (χ2v) is 6.58. The Kier molecular flexibility index (Phi) is 3.26. The van der Waals surface area contributed by atoms with Crippen molar-refractivity contribution >= 4 is 40.7 Å². The molecule has 0 aromatic carbocycles. The van der Waals surface area contributed by atoms with Crippen LogP contribution in [0.15, 0.2) is 24.3 Å². The Balaban J connectivity index is 2.46. The van der Waals surface area contributed by atoms with Gasteiger partial charge in [-0.1, -0.05) is 47.5 Å². The van der Waals surface area contributed by atoms with Gasteiger partial charge < -0.3 is 4.90 Å². The summed E-state index contributed by atoms with van der Waals surface area (Å²) < 4.78 is -1.50. The van der Waals surface area contributed by atoms with Crippen molar-refractivity contribution in [3.63, 3.8) is 0 Å². The maximum absolute atomic E-state index is 12.2. The van der Waals surface area contributed by atoms with E-state index >= 15 is 0 Å². The molecule has 0 aromatic heterocycles. The van der Waals surface area contributed by atoms with Crippen molar-refractivity contribution in [2.45, 2.75) is 29.6 Å². The Morgan fingerprint density at radius 1 is 1.41 bits per heavy atom. The molecule has 0 aromatic rings. The molecule has 1 amide bonds. The smallest absolute Gasteiger partial charge is 0.260 e. The molecule has 0 N–H and O–H groups in total. The molecule has 1 aliphatic heterocycles. The summed E-state index contributed by atoms with van der Waals surface area (Å²) in [6.07, 6.45) is 7.36. The Bertz CT molecular complexity index is 403. The highest BCUT2D eigenvalue weighted by atomic mass is 35.5. The molecule has 1 fully saturated rings. The molecule has 1 saturated heterocycles. The van der Waals surface area contributed by atoms with Gasteiger partial charge in [-0.15, -0.1) is 11.6 Å². The van der Waals surface area contributed by atoms with Gasteiger partial charge in [0.2, 0.25) is 4.33 Å². The minimum atomic E-state index is -1.50. The van der Waals surface area contributed by atoms with Crippen LogP contribution in [-0.2, 0) is 4.79 Å². The first-order valence-corrected chi connectivity index (χ1v) is 6.71. The summed E-state index contributed by atoms with van der Waals surface area (Å²) in [4.78, 5) is 13.9. The van der Waals surface area contributed by atoms with Crippen LogP contribution < -0.4 is 0 Å². The standard InChI is InChI=1S/C12H14Cl3NO/c1-8(2)16-7-11(12(14,15)10(16)17)6-4-3-5-9(11)13/h3-6,8-9H,7H2,1-2H3/t9-,11?/m0/s1. The highest BCUT2D eigenvalue weighted by Gasteiger charge is 2.64. The van der Waals surface area contributed by atoms with E-state index in [2.05, 4.69) is 0 Å². The molecular weight excluding hydrogens is 280 g/mol. The Hall–Kier alpha value is -0.180. The number of likely N-dealkylation sites (tertiary alicyclic amines) is 1. The number of hydrogen-bond donors (Lipinski definition) is 0. The predicted molar refractivity (Wildman–Crippen MR) is 71.6 cm³/mol. The maximum Gasteiger partial charge on any atom is 0.260 e. The van der Waals surface area contributed by atoms with Gasteiger partial charge in [0.05, 0.1) is 10.8 Å². The average molecular weight is 295 g/mol. The van der Waals surface area contributed by atoms with Gasteiger partial charge in [-0.2, -0.15) is 0 Å². The number of hydrogen-bond acceptors (Lipinski definition) is 1. The molecule has 1 aliphatic carbocycles. The topological polar surface area (TPSA) is 20.3 Å². The number of amides is 1. The third-order valence-electron chi connectivity index (χ3n) is 3.45. The van der Waals surface area contributed by atoms with E-state index in [-0.39, 0.29) is 17.3 Å². The first kappa shape index (κ1) is 13.3. The van der Waals surface area contributed by atoms with Gasteiger partial charge in [0.25, 0.3) is 5.91 Å². The number of alkyl halides is 3. The van der Waals surface area contributed by atoms with Gasteiger partial charge in [-0.25, -0.2) is 0 Å². The number of rotatable bonds is 1. The highest BCUT2D eigenvalue weighted by Crippen LogP contribution is 2.54. The van der Waals surface area contributed by atoms with Crippen molar-refractivity contribution in [3.8, 4) is 0 Å². The summed E-state index contributed by atoms with van der Waals surface area (Å²) in [6, 6.07) is 0.0573. The average Bonchev–Trinajstić information content (AvgIpc) is 2.45. The van der Waals surface area contributed by atoms with E-state index in [1.54, 1.807) is 4.90 Å². The number of carbonyl (C=O) groups is 1. The molecule has 0 saturated carbocycles. The summed E-state index contributed by atoms with van der Waals surface area (Å²) in [6.45, 7) is 4.32. The fourth-order valence-corrected chi connectivity index (χ4v) is 3.52. The van der Waals surface area contributed by atoms with Crippen LogP contribution >= 0.6 is 34.8 Å². The zero-order valence-corrected chi connectivity index (χ0v) is 11.9. The highest BCUT2D eigenvalue weighted by molar-refractivity contribution is 6.59. The Morgan fingerprint density at radius 3 is 2.53 bits per heavy atom. The second kappa shape index (κ2) is 4.18. The van der Waals surface area contributed by atoms with Crippen LogP contribution in [0, 0.1) is 5.41 Å². The quantitative estimate of drug-likeness (QED) is 0.680. The molecule has 1 unspecified atom stereocenters. The van der Waals surface area contributed by atoms with Crippen molar-refractivity contribution in [3.05, 3.63) is 24.3 Å². The van der Waals surface area contributed by atoms with E-state index in [0.29, 0.717) is 6.54 Å². The molecule has 2 nitrogen and oxygen atoms in total. The molecule has 5 heteroatoms. The van der Waals surface area contributed by atoms with Crippen LogP contribution in [0.2, 0.25) is 0 Å². The lowest BCUT2D eigenvalue weighted by Crippen LogP contribution is -2.45. The molecule has 2 aliphatic rings. The van der Waals surface area contributed by atoms with E-state index < -0.39 is 9.75 Å².